The zero-order chi connectivity index (χ0) is 22.5. The molecule has 2 unspecified atom stereocenters. The molecule has 3 rings (SSSR count). The average Bonchev–Trinajstić information content (AvgIpc) is 3.39. The standard InChI is InChI=1S/C23H31N3O3S2/c1-4-14(3)16-8-6-7-15(5-2)20(16)21(24)18-9-10-19(27)26(18)11-12-30-23-25-17(13-31-23)22(28)29/h6-8,13-14,18,21H,4-5,9-12,24H2,1-3H3,(H,28,29)/t14?,18-,21?/m1/s1. The molecule has 31 heavy (non-hydrogen) atoms. The van der Waals surface area contributed by atoms with Crippen molar-refractivity contribution < 1.29 is 14.7 Å². The van der Waals surface area contributed by atoms with Crippen molar-refractivity contribution >= 4 is 35.0 Å². The summed E-state index contributed by atoms with van der Waals surface area (Å²) in [6, 6.07) is 6.22. The van der Waals surface area contributed by atoms with Crippen LogP contribution in [0.5, 0.6) is 0 Å². The van der Waals surface area contributed by atoms with Gasteiger partial charge in [0.25, 0.3) is 0 Å². The van der Waals surface area contributed by atoms with Crippen LogP contribution in [0, 0.1) is 0 Å². The number of aryl methyl sites for hydroxylation is 1. The number of aromatic nitrogens is 1. The smallest absolute Gasteiger partial charge is 0.355 e. The van der Waals surface area contributed by atoms with Crippen LogP contribution < -0.4 is 5.73 Å². The Hall–Kier alpha value is -1.90. The summed E-state index contributed by atoms with van der Waals surface area (Å²) >= 11 is 2.81. The van der Waals surface area contributed by atoms with Crippen LogP contribution >= 0.6 is 23.1 Å². The van der Waals surface area contributed by atoms with Gasteiger partial charge >= 0.3 is 5.97 Å². The molecular formula is C23H31N3O3S2. The lowest BCUT2D eigenvalue weighted by molar-refractivity contribution is -0.128. The predicted octanol–water partition coefficient (Wildman–Crippen LogP) is 4.70. The molecule has 0 spiro atoms. The van der Waals surface area contributed by atoms with Crippen molar-refractivity contribution in [1.82, 2.24) is 9.88 Å². The first-order valence-corrected chi connectivity index (χ1v) is 12.7. The van der Waals surface area contributed by atoms with Gasteiger partial charge in [0.1, 0.15) is 0 Å². The zero-order valence-corrected chi connectivity index (χ0v) is 20.0. The first kappa shape index (κ1) is 23.8. The number of carbonyl (C=O) groups excluding carboxylic acids is 1. The van der Waals surface area contributed by atoms with E-state index in [-0.39, 0.29) is 23.7 Å². The molecule has 168 valence electrons. The summed E-state index contributed by atoms with van der Waals surface area (Å²) < 4.78 is 0.709. The van der Waals surface area contributed by atoms with Crippen LogP contribution in [0.15, 0.2) is 27.9 Å². The van der Waals surface area contributed by atoms with E-state index >= 15 is 0 Å². The molecular weight excluding hydrogens is 430 g/mol. The van der Waals surface area contributed by atoms with E-state index in [2.05, 4.69) is 44.0 Å². The van der Waals surface area contributed by atoms with Gasteiger partial charge in [0.05, 0.1) is 12.1 Å². The summed E-state index contributed by atoms with van der Waals surface area (Å²) in [7, 11) is 0. The molecule has 1 aliphatic heterocycles. The van der Waals surface area contributed by atoms with Gasteiger partial charge < -0.3 is 15.7 Å². The summed E-state index contributed by atoms with van der Waals surface area (Å²) in [5, 5.41) is 10.6. The number of rotatable bonds is 10. The SMILES string of the molecule is CCc1cccc(C(C)CC)c1C(N)[C@H]1CCC(=O)N1CCSc1nc(C(=O)O)cs1. The van der Waals surface area contributed by atoms with E-state index in [0.717, 1.165) is 19.3 Å². The molecule has 1 amide bonds. The molecule has 2 aromatic rings. The second-order valence-electron chi connectivity index (χ2n) is 7.95. The lowest BCUT2D eigenvalue weighted by atomic mass is 9.83. The minimum atomic E-state index is -1.02. The monoisotopic (exact) mass is 461 g/mol. The molecule has 0 saturated carbocycles. The molecule has 6 nitrogen and oxygen atoms in total. The number of hydrogen-bond donors (Lipinski definition) is 2. The Kier molecular flexibility index (Phi) is 8.13. The first-order chi connectivity index (χ1) is 14.9. The van der Waals surface area contributed by atoms with Crippen LogP contribution in [0.25, 0.3) is 0 Å². The van der Waals surface area contributed by atoms with Crippen LogP contribution in [0.2, 0.25) is 0 Å². The highest BCUT2D eigenvalue weighted by molar-refractivity contribution is 8.01. The Balaban J connectivity index is 1.75. The third-order valence-corrected chi connectivity index (χ3v) is 8.14. The number of benzene rings is 1. The maximum absolute atomic E-state index is 12.7. The van der Waals surface area contributed by atoms with Crippen molar-refractivity contribution in [3.63, 3.8) is 0 Å². The Bertz CT molecular complexity index is 931. The highest BCUT2D eigenvalue weighted by Crippen LogP contribution is 2.36. The zero-order valence-electron chi connectivity index (χ0n) is 18.3. The third-order valence-electron chi connectivity index (χ3n) is 6.14. The fraction of sp³-hybridized carbons (Fsp3) is 0.522. The number of carboxylic acid groups (broad SMARTS) is 1. The van der Waals surface area contributed by atoms with Crippen molar-refractivity contribution in [3.05, 3.63) is 46.0 Å². The normalized spacial score (nSPS) is 18.4. The fourth-order valence-corrected chi connectivity index (χ4v) is 6.07. The molecule has 1 aromatic carbocycles. The van der Waals surface area contributed by atoms with E-state index in [4.69, 9.17) is 10.8 Å². The molecule has 1 aliphatic rings. The summed E-state index contributed by atoms with van der Waals surface area (Å²) in [5.41, 5.74) is 10.7. The highest BCUT2D eigenvalue weighted by Gasteiger charge is 2.37. The highest BCUT2D eigenvalue weighted by atomic mass is 32.2. The van der Waals surface area contributed by atoms with Crippen molar-refractivity contribution in [1.29, 1.82) is 0 Å². The molecule has 1 saturated heterocycles. The van der Waals surface area contributed by atoms with Crippen LogP contribution in [-0.2, 0) is 11.2 Å². The molecule has 3 N–H and O–H groups in total. The summed E-state index contributed by atoms with van der Waals surface area (Å²) in [5.74, 6) is 0.206. The van der Waals surface area contributed by atoms with Crippen molar-refractivity contribution in [2.75, 3.05) is 12.3 Å². The minimum absolute atomic E-state index is 0.0190. The molecule has 8 heteroatoms. The van der Waals surface area contributed by atoms with Crippen LogP contribution in [0.4, 0.5) is 0 Å². The quantitative estimate of drug-likeness (QED) is 0.498. The topological polar surface area (TPSA) is 96.5 Å². The van der Waals surface area contributed by atoms with Crippen molar-refractivity contribution in [2.24, 2.45) is 5.73 Å². The van der Waals surface area contributed by atoms with Gasteiger partial charge in [-0.15, -0.1) is 11.3 Å². The predicted molar refractivity (Wildman–Crippen MR) is 126 cm³/mol. The molecule has 2 heterocycles. The van der Waals surface area contributed by atoms with Gasteiger partial charge in [-0.25, -0.2) is 9.78 Å². The lowest BCUT2D eigenvalue weighted by Crippen LogP contribution is -2.42. The van der Waals surface area contributed by atoms with Crippen LogP contribution in [-0.4, -0.2) is 45.2 Å². The maximum atomic E-state index is 12.7. The molecule has 0 bridgehead atoms. The van der Waals surface area contributed by atoms with Gasteiger partial charge in [0, 0.05) is 24.1 Å². The second kappa shape index (κ2) is 10.6. The Labute approximate surface area is 192 Å². The largest absolute Gasteiger partial charge is 0.476 e. The van der Waals surface area contributed by atoms with E-state index < -0.39 is 5.97 Å². The molecule has 1 aromatic heterocycles. The second-order valence-corrected chi connectivity index (χ2v) is 10.2. The van der Waals surface area contributed by atoms with Crippen LogP contribution in [0.1, 0.15) is 79.2 Å². The Morgan fingerprint density at radius 2 is 2.19 bits per heavy atom. The molecule has 3 atom stereocenters. The number of aromatic carboxylic acids is 1. The fourth-order valence-electron chi connectivity index (χ4n) is 4.26. The van der Waals surface area contributed by atoms with E-state index in [9.17, 15) is 9.59 Å². The molecule has 0 radical (unpaired) electrons. The lowest BCUT2D eigenvalue weighted by Gasteiger charge is -2.33. The molecule has 1 fully saturated rings. The number of nitrogens with two attached hydrogens (primary N) is 1. The number of likely N-dealkylation sites (tertiary alicyclic amines) is 1. The van der Waals surface area contributed by atoms with Gasteiger partial charge in [-0.2, -0.15) is 0 Å². The number of thioether (sulfide) groups is 1. The number of carbonyl (C=O) groups is 2. The van der Waals surface area contributed by atoms with E-state index in [1.807, 2.05) is 4.90 Å². The average molecular weight is 462 g/mol. The van der Waals surface area contributed by atoms with E-state index in [1.54, 1.807) is 5.38 Å². The van der Waals surface area contributed by atoms with Gasteiger partial charge in [-0.3, -0.25) is 4.79 Å². The number of nitrogens with zero attached hydrogens (tertiary/aromatic N) is 2. The third kappa shape index (κ3) is 5.30. The van der Waals surface area contributed by atoms with Crippen molar-refractivity contribution in [3.8, 4) is 0 Å². The van der Waals surface area contributed by atoms with E-state index in [0.29, 0.717) is 29.0 Å². The Morgan fingerprint density at radius 3 is 2.84 bits per heavy atom. The Morgan fingerprint density at radius 1 is 1.42 bits per heavy atom. The number of amides is 1. The van der Waals surface area contributed by atoms with Crippen LogP contribution in [0.3, 0.4) is 0 Å². The summed E-state index contributed by atoms with van der Waals surface area (Å²) in [6.07, 6.45) is 3.25. The van der Waals surface area contributed by atoms with Gasteiger partial charge in [0.15, 0.2) is 10.0 Å². The van der Waals surface area contributed by atoms with Gasteiger partial charge in [-0.1, -0.05) is 50.7 Å². The minimum Gasteiger partial charge on any atom is -0.476 e. The number of carboxylic acids is 1. The van der Waals surface area contributed by atoms with E-state index in [1.165, 1.54) is 39.8 Å². The maximum Gasteiger partial charge on any atom is 0.355 e. The molecule has 0 aliphatic carbocycles. The van der Waals surface area contributed by atoms with Crippen molar-refractivity contribution in [2.45, 2.75) is 68.8 Å². The number of hydrogen-bond acceptors (Lipinski definition) is 6. The first-order valence-electron chi connectivity index (χ1n) is 10.9. The number of thiazole rings is 1. The summed E-state index contributed by atoms with van der Waals surface area (Å²) in [4.78, 5) is 29.7. The van der Waals surface area contributed by atoms with Gasteiger partial charge in [-0.05, 0) is 41.9 Å². The summed E-state index contributed by atoms with van der Waals surface area (Å²) in [6.45, 7) is 7.16. The van der Waals surface area contributed by atoms with Gasteiger partial charge in [0.2, 0.25) is 5.91 Å².